The molecular weight excluding hydrogens is 348 g/mol. The van der Waals surface area contributed by atoms with E-state index >= 15 is 0 Å². The lowest BCUT2D eigenvalue weighted by molar-refractivity contribution is 0.102. The van der Waals surface area contributed by atoms with Crippen LogP contribution in [0.5, 0.6) is 0 Å². The van der Waals surface area contributed by atoms with Crippen LogP contribution in [0.25, 0.3) is 0 Å². The fourth-order valence-corrected chi connectivity index (χ4v) is 3.25. The van der Waals surface area contributed by atoms with Crippen molar-refractivity contribution in [1.29, 1.82) is 0 Å². The third kappa shape index (κ3) is 3.02. The number of nitrogens with one attached hydrogen (secondary N) is 1. The van der Waals surface area contributed by atoms with Gasteiger partial charge in [0.2, 0.25) is 5.95 Å². The van der Waals surface area contributed by atoms with Gasteiger partial charge < -0.3 is 10.2 Å². The molecule has 0 saturated heterocycles. The average molecular weight is 365 g/mol. The summed E-state index contributed by atoms with van der Waals surface area (Å²) in [6, 6.07) is 15.2. The zero-order chi connectivity index (χ0) is 18.1. The van der Waals surface area contributed by atoms with Gasteiger partial charge in [-0.1, -0.05) is 35.9 Å². The van der Waals surface area contributed by atoms with Gasteiger partial charge in [0.15, 0.2) is 0 Å². The zero-order valence-corrected chi connectivity index (χ0v) is 15.0. The van der Waals surface area contributed by atoms with Crippen LogP contribution in [0.1, 0.15) is 21.6 Å². The molecule has 6 heteroatoms. The molecule has 26 heavy (non-hydrogen) atoms. The number of para-hydroxylation sites is 1. The second-order valence-corrected chi connectivity index (χ2v) is 6.55. The van der Waals surface area contributed by atoms with Gasteiger partial charge in [-0.15, -0.1) is 0 Å². The first-order valence-corrected chi connectivity index (χ1v) is 8.76. The van der Waals surface area contributed by atoms with Gasteiger partial charge in [-0.25, -0.2) is 9.97 Å². The van der Waals surface area contributed by atoms with Gasteiger partial charge >= 0.3 is 0 Å². The summed E-state index contributed by atoms with van der Waals surface area (Å²) in [5.41, 5.74) is 4.18. The van der Waals surface area contributed by atoms with E-state index in [1.165, 1.54) is 5.56 Å². The molecule has 0 aliphatic carbocycles. The van der Waals surface area contributed by atoms with Crippen LogP contribution >= 0.6 is 11.6 Å². The third-order valence-electron chi connectivity index (χ3n) is 4.52. The van der Waals surface area contributed by atoms with E-state index in [0.29, 0.717) is 22.4 Å². The lowest BCUT2D eigenvalue weighted by atomic mass is 10.2. The quantitative estimate of drug-likeness (QED) is 0.749. The Morgan fingerprint density at radius 2 is 2.00 bits per heavy atom. The molecule has 0 fully saturated rings. The number of aromatic nitrogens is 2. The highest BCUT2D eigenvalue weighted by molar-refractivity contribution is 6.31. The molecule has 0 bridgehead atoms. The Balaban J connectivity index is 1.60. The third-order valence-corrected chi connectivity index (χ3v) is 4.93. The lowest BCUT2D eigenvalue weighted by Crippen LogP contribution is -2.20. The van der Waals surface area contributed by atoms with E-state index in [0.717, 1.165) is 24.2 Å². The minimum atomic E-state index is -0.286. The minimum absolute atomic E-state index is 0.286. The Morgan fingerprint density at radius 1 is 1.15 bits per heavy atom. The molecule has 2 aromatic carbocycles. The number of carbonyl (C=O) groups excluding carboxylic acids is 1. The normalized spacial score (nSPS) is 12.8. The number of rotatable bonds is 3. The first-order chi connectivity index (χ1) is 12.6. The van der Waals surface area contributed by atoms with Crippen LogP contribution < -0.4 is 10.2 Å². The smallest absolute Gasteiger partial charge is 0.274 e. The Bertz CT molecular complexity index is 989. The minimum Gasteiger partial charge on any atom is -0.320 e. The fourth-order valence-electron chi connectivity index (χ4n) is 3.08. The lowest BCUT2D eigenvalue weighted by Gasteiger charge is -2.17. The molecule has 0 atom stereocenters. The van der Waals surface area contributed by atoms with E-state index in [9.17, 15) is 4.79 Å². The fraction of sp³-hybridized carbons (Fsp3) is 0.150. The molecule has 0 saturated carbocycles. The van der Waals surface area contributed by atoms with Crippen LogP contribution in [0, 0.1) is 6.92 Å². The molecule has 0 unspecified atom stereocenters. The topological polar surface area (TPSA) is 58.1 Å². The molecule has 1 N–H and O–H groups in total. The van der Waals surface area contributed by atoms with E-state index in [1.807, 2.05) is 36.1 Å². The van der Waals surface area contributed by atoms with E-state index in [2.05, 4.69) is 21.4 Å². The highest BCUT2D eigenvalue weighted by Crippen LogP contribution is 2.32. The van der Waals surface area contributed by atoms with Crippen molar-refractivity contribution in [3.8, 4) is 0 Å². The monoisotopic (exact) mass is 364 g/mol. The molecule has 1 amide bonds. The van der Waals surface area contributed by atoms with Crippen LogP contribution in [-0.4, -0.2) is 22.4 Å². The Hall–Kier alpha value is -2.92. The van der Waals surface area contributed by atoms with Gasteiger partial charge in [-0.3, -0.25) is 4.79 Å². The number of benzene rings is 2. The van der Waals surface area contributed by atoms with E-state index in [-0.39, 0.29) is 5.91 Å². The molecule has 1 aliphatic heterocycles. The molecule has 1 aliphatic rings. The van der Waals surface area contributed by atoms with Crippen LogP contribution in [0.2, 0.25) is 5.02 Å². The van der Waals surface area contributed by atoms with Crippen molar-refractivity contribution < 1.29 is 4.79 Å². The van der Waals surface area contributed by atoms with E-state index in [4.69, 9.17) is 11.6 Å². The van der Waals surface area contributed by atoms with Crippen molar-refractivity contribution in [2.24, 2.45) is 0 Å². The van der Waals surface area contributed by atoms with Gasteiger partial charge in [0, 0.05) is 29.1 Å². The molecule has 0 spiro atoms. The maximum absolute atomic E-state index is 12.6. The number of hydrogen-bond donors (Lipinski definition) is 1. The predicted molar refractivity (Wildman–Crippen MR) is 103 cm³/mol. The number of carbonyl (C=O) groups is 1. The standard InChI is InChI=1S/C20H17ClN4O/c1-13-15(21)6-4-7-16(13)23-19(26)17-9-11-22-20(24-17)25-12-10-14-5-2-3-8-18(14)25/h2-9,11H,10,12H2,1H3,(H,23,26). The van der Waals surface area contributed by atoms with Crippen molar-refractivity contribution in [1.82, 2.24) is 9.97 Å². The van der Waals surface area contributed by atoms with Crippen LogP contribution in [-0.2, 0) is 6.42 Å². The summed E-state index contributed by atoms with van der Waals surface area (Å²) in [4.78, 5) is 23.5. The first-order valence-electron chi connectivity index (χ1n) is 8.38. The number of halogens is 1. The maximum atomic E-state index is 12.6. The summed E-state index contributed by atoms with van der Waals surface area (Å²) < 4.78 is 0. The van der Waals surface area contributed by atoms with Gasteiger partial charge in [0.1, 0.15) is 5.69 Å². The molecule has 3 aromatic rings. The molecular formula is C20H17ClN4O. The molecule has 4 rings (SSSR count). The SMILES string of the molecule is Cc1c(Cl)cccc1NC(=O)c1ccnc(N2CCc3ccccc32)n1. The van der Waals surface area contributed by atoms with Crippen LogP contribution in [0.15, 0.2) is 54.7 Å². The van der Waals surface area contributed by atoms with Crippen molar-refractivity contribution in [3.05, 3.63) is 76.6 Å². The Labute approximate surface area is 156 Å². The number of nitrogens with zero attached hydrogens (tertiary/aromatic N) is 3. The van der Waals surface area contributed by atoms with Gasteiger partial charge in [0.25, 0.3) is 5.91 Å². The van der Waals surface area contributed by atoms with Gasteiger partial charge in [-0.2, -0.15) is 0 Å². The Kier molecular flexibility index (Phi) is 4.31. The number of anilines is 3. The van der Waals surface area contributed by atoms with Gasteiger partial charge in [-0.05, 0) is 48.7 Å². The predicted octanol–water partition coefficient (Wildman–Crippen LogP) is 4.38. The molecule has 5 nitrogen and oxygen atoms in total. The number of amides is 1. The van der Waals surface area contributed by atoms with Crippen molar-refractivity contribution >= 4 is 34.8 Å². The summed E-state index contributed by atoms with van der Waals surface area (Å²) in [5.74, 6) is 0.247. The summed E-state index contributed by atoms with van der Waals surface area (Å²) in [5, 5.41) is 3.48. The van der Waals surface area contributed by atoms with Crippen molar-refractivity contribution in [2.45, 2.75) is 13.3 Å². The summed E-state index contributed by atoms with van der Waals surface area (Å²) in [6.07, 6.45) is 2.56. The largest absolute Gasteiger partial charge is 0.320 e. The summed E-state index contributed by atoms with van der Waals surface area (Å²) in [6.45, 7) is 2.67. The maximum Gasteiger partial charge on any atom is 0.274 e. The van der Waals surface area contributed by atoms with Crippen molar-refractivity contribution in [2.75, 3.05) is 16.8 Å². The molecule has 1 aromatic heterocycles. The zero-order valence-electron chi connectivity index (χ0n) is 14.2. The molecule has 2 heterocycles. The number of hydrogen-bond acceptors (Lipinski definition) is 4. The van der Waals surface area contributed by atoms with Crippen molar-refractivity contribution in [3.63, 3.8) is 0 Å². The first kappa shape index (κ1) is 16.5. The Morgan fingerprint density at radius 3 is 2.88 bits per heavy atom. The highest BCUT2D eigenvalue weighted by atomic mass is 35.5. The number of fused-ring (bicyclic) bond motifs is 1. The summed E-state index contributed by atoms with van der Waals surface area (Å²) >= 11 is 6.12. The molecule has 0 radical (unpaired) electrons. The van der Waals surface area contributed by atoms with E-state index in [1.54, 1.807) is 24.4 Å². The van der Waals surface area contributed by atoms with Crippen LogP contribution in [0.3, 0.4) is 0 Å². The summed E-state index contributed by atoms with van der Waals surface area (Å²) in [7, 11) is 0. The second kappa shape index (κ2) is 6.77. The highest BCUT2D eigenvalue weighted by Gasteiger charge is 2.22. The molecule has 130 valence electrons. The average Bonchev–Trinajstić information content (AvgIpc) is 3.10. The second-order valence-electron chi connectivity index (χ2n) is 6.14. The van der Waals surface area contributed by atoms with Crippen LogP contribution in [0.4, 0.5) is 17.3 Å². The van der Waals surface area contributed by atoms with Gasteiger partial charge in [0.05, 0.1) is 0 Å². The van der Waals surface area contributed by atoms with E-state index < -0.39 is 0 Å².